The lowest BCUT2D eigenvalue weighted by atomic mass is 9.93. The molecule has 0 spiro atoms. The van der Waals surface area contributed by atoms with Crippen molar-refractivity contribution in [1.29, 1.82) is 0 Å². The predicted molar refractivity (Wildman–Crippen MR) is 212 cm³/mol. The first-order chi connectivity index (χ1) is 24.8. The highest BCUT2D eigenvalue weighted by Crippen LogP contribution is 2.42. The van der Waals surface area contributed by atoms with Crippen LogP contribution in [0.3, 0.4) is 0 Å². The molecule has 10 aromatic rings. The molecule has 0 amide bonds. The highest BCUT2D eigenvalue weighted by molar-refractivity contribution is 6.14. The van der Waals surface area contributed by atoms with E-state index < -0.39 is 0 Å². The molecule has 0 atom stereocenters. The molecule has 0 aliphatic rings. The summed E-state index contributed by atoms with van der Waals surface area (Å²) in [7, 11) is 0. The van der Waals surface area contributed by atoms with Crippen molar-refractivity contribution in [2.75, 3.05) is 4.90 Å². The van der Waals surface area contributed by atoms with Crippen molar-refractivity contribution in [1.82, 2.24) is 0 Å². The van der Waals surface area contributed by atoms with Crippen molar-refractivity contribution in [3.63, 3.8) is 0 Å². The van der Waals surface area contributed by atoms with Crippen LogP contribution < -0.4 is 4.90 Å². The molecule has 0 unspecified atom stereocenters. The van der Waals surface area contributed by atoms with Crippen molar-refractivity contribution in [3.05, 3.63) is 188 Å². The van der Waals surface area contributed by atoms with Gasteiger partial charge in [0, 0.05) is 33.9 Å². The third-order valence-corrected chi connectivity index (χ3v) is 9.99. The lowest BCUT2D eigenvalue weighted by Crippen LogP contribution is -2.10. The number of hydrogen-bond donors (Lipinski definition) is 0. The number of furan rings is 1. The molecule has 0 radical (unpaired) electrons. The maximum atomic E-state index is 6.40. The zero-order chi connectivity index (χ0) is 33.0. The minimum Gasteiger partial charge on any atom is -0.456 e. The SMILES string of the molecule is c1cc(-c2ccc3ccccc3c2)cc(N(c2cccc(-c3cc4ccccc4c4ccccc34)c2)c2ccc3c(c2)oc2ccccc23)c1. The van der Waals surface area contributed by atoms with Gasteiger partial charge >= 0.3 is 0 Å². The first-order valence-electron chi connectivity index (χ1n) is 17.1. The van der Waals surface area contributed by atoms with Crippen LogP contribution in [0.2, 0.25) is 0 Å². The minimum absolute atomic E-state index is 0.871. The Kier molecular flexibility index (Phi) is 6.53. The zero-order valence-corrected chi connectivity index (χ0v) is 27.3. The lowest BCUT2D eigenvalue weighted by Gasteiger charge is -2.26. The van der Waals surface area contributed by atoms with Crippen molar-refractivity contribution in [3.8, 4) is 22.3 Å². The molecule has 0 aliphatic carbocycles. The number of hydrogen-bond acceptors (Lipinski definition) is 2. The summed E-state index contributed by atoms with van der Waals surface area (Å²) >= 11 is 0. The number of benzene rings is 9. The second-order valence-corrected chi connectivity index (χ2v) is 13.0. The molecule has 0 N–H and O–H groups in total. The Hall–Kier alpha value is -6.64. The lowest BCUT2D eigenvalue weighted by molar-refractivity contribution is 0.669. The number of anilines is 3. The molecular weight excluding hydrogens is 607 g/mol. The average Bonchev–Trinajstić information content (AvgIpc) is 3.56. The van der Waals surface area contributed by atoms with E-state index in [-0.39, 0.29) is 0 Å². The Morgan fingerprint density at radius 3 is 1.74 bits per heavy atom. The topological polar surface area (TPSA) is 16.4 Å². The quantitative estimate of drug-likeness (QED) is 0.175. The number of nitrogens with zero attached hydrogens (tertiary/aromatic N) is 1. The Bertz CT molecular complexity index is 2900. The minimum atomic E-state index is 0.871. The summed E-state index contributed by atoms with van der Waals surface area (Å²) in [6.45, 7) is 0. The van der Waals surface area contributed by atoms with Crippen molar-refractivity contribution < 1.29 is 4.42 Å². The van der Waals surface area contributed by atoms with Crippen LogP contribution in [0.1, 0.15) is 0 Å². The molecule has 1 aromatic heterocycles. The molecule has 0 saturated carbocycles. The molecule has 10 rings (SSSR count). The predicted octanol–water partition coefficient (Wildman–Crippen LogP) is 13.8. The van der Waals surface area contributed by atoms with Gasteiger partial charge in [0.15, 0.2) is 0 Å². The summed E-state index contributed by atoms with van der Waals surface area (Å²) in [5, 5.41) is 9.74. The van der Waals surface area contributed by atoms with Crippen LogP contribution in [-0.4, -0.2) is 0 Å². The molecule has 0 bridgehead atoms. The number of para-hydroxylation sites is 1. The summed E-state index contributed by atoms with van der Waals surface area (Å²) in [4.78, 5) is 2.35. The van der Waals surface area contributed by atoms with Gasteiger partial charge in [-0.25, -0.2) is 0 Å². The number of rotatable bonds is 5. The molecule has 9 aromatic carbocycles. The normalized spacial score (nSPS) is 11.6. The molecule has 50 heavy (non-hydrogen) atoms. The highest BCUT2D eigenvalue weighted by Gasteiger charge is 2.18. The van der Waals surface area contributed by atoms with Gasteiger partial charge in [-0.05, 0) is 109 Å². The van der Waals surface area contributed by atoms with Gasteiger partial charge in [0.1, 0.15) is 11.2 Å². The van der Waals surface area contributed by atoms with E-state index >= 15 is 0 Å². The Labute approximate surface area is 290 Å². The van der Waals surface area contributed by atoms with Crippen LogP contribution in [0.5, 0.6) is 0 Å². The summed E-state index contributed by atoms with van der Waals surface area (Å²) < 4.78 is 6.40. The van der Waals surface area contributed by atoms with Crippen LogP contribution in [-0.2, 0) is 0 Å². The number of fused-ring (bicyclic) bond motifs is 7. The van der Waals surface area contributed by atoms with E-state index in [1.807, 2.05) is 12.1 Å². The molecule has 234 valence electrons. The Balaban J connectivity index is 1.17. The molecule has 0 aliphatic heterocycles. The van der Waals surface area contributed by atoms with Gasteiger partial charge in [-0.2, -0.15) is 0 Å². The third-order valence-electron chi connectivity index (χ3n) is 9.99. The summed E-state index contributed by atoms with van der Waals surface area (Å²) in [6.07, 6.45) is 0. The maximum Gasteiger partial charge on any atom is 0.137 e. The first kappa shape index (κ1) is 28.4. The monoisotopic (exact) mass is 637 g/mol. The fraction of sp³-hybridized carbons (Fsp3) is 0. The van der Waals surface area contributed by atoms with Gasteiger partial charge in [0.2, 0.25) is 0 Å². The fourth-order valence-electron chi connectivity index (χ4n) is 7.60. The molecule has 1 heterocycles. The average molecular weight is 638 g/mol. The van der Waals surface area contributed by atoms with Crippen LogP contribution in [0, 0.1) is 0 Å². The van der Waals surface area contributed by atoms with E-state index in [0.29, 0.717) is 0 Å². The maximum absolute atomic E-state index is 6.40. The van der Waals surface area contributed by atoms with Crippen molar-refractivity contribution in [2.24, 2.45) is 0 Å². The summed E-state index contributed by atoms with van der Waals surface area (Å²) in [5.74, 6) is 0. The standard InChI is InChI=1S/C48H31NO/c1-2-12-33-27-35(24-23-32(33)11-1)34-14-9-16-38(28-34)49(40-25-26-45-44-21-7-8-22-47(44)50-48(45)31-40)39-17-10-15-36(29-39)46-30-37-13-3-4-18-41(37)42-19-5-6-20-43(42)46/h1-31H. The van der Waals surface area contributed by atoms with E-state index in [2.05, 4.69) is 181 Å². The van der Waals surface area contributed by atoms with Crippen LogP contribution in [0.25, 0.3) is 76.5 Å². The second kappa shape index (κ2) is 11.5. The van der Waals surface area contributed by atoms with Crippen LogP contribution >= 0.6 is 0 Å². The van der Waals surface area contributed by atoms with Crippen LogP contribution in [0.4, 0.5) is 17.1 Å². The molecule has 0 saturated heterocycles. The van der Waals surface area contributed by atoms with Gasteiger partial charge in [0.25, 0.3) is 0 Å². The van der Waals surface area contributed by atoms with Gasteiger partial charge in [-0.1, -0.05) is 127 Å². The first-order valence-corrected chi connectivity index (χ1v) is 17.1. The summed E-state index contributed by atoms with van der Waals surface area (Å²) in [5.41, 5.74) is 9.70. The van der Waals surface area contributed by atoms with E-state index in [4.69, 9.17) is 4.42 Å². The molecule has 0 fully saturated rings. The van der Waals surface area contributed by atoms with E-state index in [0.717, 1.165) is 39.0 Å². The van der Waals surface area contributed by atoms with Gasteiger partial charge in [-0.15, -0.1) is 0 Å². The van der Waals surface area contributed by atoms with Crippen LogP contribution in [0.15, 0.2) is 192 Å². The Morgan fingerprint density at radius 2 is 0.900 bits per heavy atom. The van der Waals surface area contributed by atoms with E-state index in [1.54, 1.807) is 0 Å². The molecule has 2 nitrogen and oxygen atoms in total. The highest BCUT2D eigenvalue weighted by atomic mass is 16.3. The molecule has 2 heteroatoms. The van der Waals surface area contributed by atoms with E-state index in [9.17, 15) is 0 Å². The fourth-order valence-corrected chi connectivity index (χ4v) is 7.60. The largest absolute Gasteiger partial charge is 0.456 e. The van der Waals surface area contributed by atoms with Gasteiger partial charge in [0.05, 0.1) is 0 Å². The van der Waals surface area contributed by atoms with Gasteiger partial charge in [-0.3, -0.25) is 0 Å². The smallest absolute Gasteiger partial charge is 0.137 e. The van der Waals surface area contributed by atoms with E-state index in [1.165, 1.54) is 54.6 Å². The summed E-state index contributed by atoms with van der Waals surface area (Å²) in [6, 6.07) is 67.6. The third kappa shape index (κ3) is 4.73. The zero-order valence-electron chi connectivity index (χ0n) is 27.3. The van der Waals surface area contributed by atoms with Crippen molar-refractivity contribution >= 4 is 71.3 Å². The molecular formula is C48H31NO. The van der Waals surface area contributed by atoms with Crippen molar-refractivity contribution in [2.45, 2.75) is 0 Å². The van der Waals surface area contributed by atoms with Gasteiger partial charge < -0.3 is 9.32 Å². The Morgan fingerprint density at radius 1 is 0.300 bits per heavy atom. The second-order valence-electron chi connectivity index (χ2n) is 13.0.